The lowest BCUT2D eigenvalue weighted by Gasteiger charge is -2.04. The smallest absolute Gasteiger partial charge is 0.417 e. The highest BCUT2D eigenvalue weighted by atomic mass is 127. The number of aromatic nitrogens is 2. The van der Waals surface area contributed by atoms with Gasteiger partial charge in [-0.3, -0.25) is 5.32 Å². The van der Waals surface area contributed by atoms with Crippen LogP contribution in [0.5, 0.6) is 0 Å². The van der Waals surface area contributed by atoms with Crippen molar-refractivity contribution in [3.05, 3.63) is 48.5 Å². The fourth-order valence-electron chi connectivity index (χ4n) is 1.46. The maximum absolute atomic E-state index is 11.8. The summed E-state index contributed by atoms with van der Waals surface area (Å²) in [5.41, 5.74) is 1.89. The monoisotopic (exact) mass is 343 g/mol. The number of rotatable bonds is 1. The van der Waals surface area contributed by atoms with E-state index in [0.717, 1.165) is 11.3 Å². The lowest BCUT2D eigenvalue weighted by Crippen LogP contribution is -3.00. The van der Waals surface area contributed by atoms with Gasteiger partial charge in [-0.15, -0.1) is 0 Å². The van der Waals surface area contributed by atoms with E-state index in [0.29, 0.717) is 0 Å². The molecule has 1 N–H and O–H groups in total. The van der Waals surface area contributed by atoms with E-state index in [2.05, 4.69) is 5.32 Å². The number of aryl methyl sites for hydroxylation is 2. The number of anilines is 1. The Kier molecular flexibility index (Phi) is 4.68. The lowest BCUT2D eigenvalue weighted by atomic mass is 10.2. The molecule has 0 aliphatic carbocycles. The summed E-state index contributed by atoms with van der Waals surface area (Å²) < 4.78 is 3.32. The van der Waals surface area contributed by atoms with Crippen molar-refractivity contribution in [3.63, 3.8) is 0 Å². The van der Waals surface area contributed by atoms with Crippen LogP contribution in [0.25, 0.3) is 0 Å². The molecule has 1 heterocycles. The molecule has 17 heavy (non-hydrogen) atoms. The Labute approximate surface area is 117 Å². The second-order valence-corrected chi connectivity index (χ2v) is 3.73. The minimum absolute atomic E-state index is 0. The number of hydrogen-bond donors (Lipinski definition) is 1. The number of halogens is 1. The molecule has 1 aromatic heterocycles. The van der Waals surface area contributed by atoms with Crippen molar-refractivity contribution < 1.29 is 33.3 Å². The van der Waals surface area contributed by atoms with Crippen LogP contribution >= 0.6 is 0 Å². The van der Waals surface area contributed by atoms with Gasteiger partial charge in [0.05, 0.1) is 7.05 Å². The van der Waals surface area contributed by atoms with Crippen LogP contribution < -0.4 is 33.9 Å². The Morgan fingerprint density at radius 3 is 2.65 bits per heavy atom. The maximum atomic E-state index is 11.8. The zero-order valence-corrected chi connectivity index (χ0v) is 11.9. The summed E-state index contributed by atoms with van der Waals surface area (Å²) in [5.74, 6) is 0. The Morgan fingerprint density at radius 2 is 2.06 bits per heavy atom. The van der Waals surface area contributed by atoms with Gasteiger partial charge in [0.1, 0.15) is 12.4 Å². The third-order valence-corrected chi connectivity index (χ3v) is 2.39. The fraction of sp³-hybridized carbons (Fsp3) is 0.167. The highest BCUT2D eigenvalue weighted by molar-refractivity contribution is 5.91. The van der Waals surface area contributed by atoms with E-state index >= 15 is 0 Å². The van der Waals surface area contributed by atoms with E-state index in [1.165, 1.54) is 4.57 Å². The highest BCUT2D eigenvalue weighted by Crippen LogP contribution is 2.13. The number of benzene rings is 1. The number of para-hydroxylation sites is 1. The van der Waals surface area contributed by atoms with Crippen molar-refractivity contribution >= 4 is 11.7 Å². The summed E-state index contributed by atoms with van der Waals surface area (Å²) in [4.78, 5) is 11.8. The van der Waals surface area contributed by atoms with Gasteiger partial charge in [-0.2, -0.15) is 4.57 Å². The van der Waals surface area contributed by atoms with Gasteiger partial charge in [0.15, 0.2) is 0 Å². The van der Waals surface area contributed by atoms with Crippen LogP contribution in [0.1, 0.15) is 5.56 Å². The van der Waals surface area contributed by atoms with E-state index in [9.17, 15) is 4.79 Å². The van der Waals surface area contributed by atoms with Crippen LogP contribution in [0, 0.1) is 6.92 Å². The standard InChI is InChI=1S/C12H13N3O.HI/c1-10-5-3-4-6-11(10)13-12(16)15-8-7-14(2)9-15;/h3-9H,1-2H3;1H. The number of nitrogens with zero attached hydrogens (tertiary/aromatic N) is 2. The first-order valence-electron chi connectivity index (χ1n) is 5.07. The van der Waals surface area contributed by atoms with E-state index in [-0.39, 0.29) is 30.0 Å². The molecule has 0 radical (unpaired) electrons. The SMILES string of the molecule is Cc1ccccc1NC(=O)n1cc[n+](C)c1.[I-]. The Hall–Kier alpha value is -1.37. The average Bonchev–Trinajstić information content (AvgIpc) is 2.68. The van der Waals surface area contributed by atoms with Crippen LogP contribution in [0.3, 0.4) is 0 Å². The molecular weight excluding hydrogens is 329 g/mol. The van der Waals surface area contributed by atoms with Gasteiger partial charge in [-0.25, -0.2) is 9.36 Å². The summed E-state index contributed by atoms with van der Waals surface area (Å²) in [6, 6.07) is 7.54. The highest BCUT2D eigenvalue weighted by Gasteiger charge is 2.11. The predicted octanol–water partition coefficient (Wildman–Crippen LogP) is -1.29. The number of amides is 1. The molecule has 4 nitrogen and oxygen atoms in total. The van der Waals surface area contributed by atoms with Crippen LogP contribution in [0.4, 0.5) is 10.5 Å². The summed E-state index contributed by atoms with van der Waals surface area (Å²) in [6.45, 7) is 1.96. The van der Waals surface area contributed by atoms with Gasteiger partial charge < -0.3 is 24.0 Å². The third-order valence-electron chi connectivity index (χ3n) is 2.39. The van der Waals surface area contributed by atoms with Crippen LogP contribution in [0.2, 0.25) is 0 Å². The molecule has 0 spiro atoms. The topological polar surface area (TPSA) is 37.9 Å². The summed E-state index contributed by atoms with van der Waals surface area (Å²) in [5, 5.41) is 2.85. The van der Waals surface area contributed by atoms with Crippen molar-refractivity contribution in [2.75, 3.05) is 5.32 Å². The normalized spacial score (nSPS) is 9.53. The predicted molar refractivity (Wildman–Crippen MR) is 61.2 cm³/mol. The molecule has 0 unspecified atom stereocenters. The van der Waals surface area contributed by atoms with Crippen molar-refractivity contribution in [1.82, 2.24) is 4.57 Å². The molecular formula is C12H14IN3O. The fourth-order valence-corrected chi connectivity index (χ4v) is 1.46. The van der Waals surface area contributed by atoms with Crippen molar-refractivity contribution in [2.24, 2.45) is 7.05 Å². The summed E-state index contributed by atoms with van der Waals surface area (Å²) >= 11 is 0. The number of hydrogen-bond acceptors (Lipinski definition) is 1. The maximum Gasteiger partial charge on any atom is 0.417 e. The van der Waals surface area contributed by atoms with Gasteiger partial charge in [0, 0.05) is 5.69 Å². The average molecular weight is 343 g/mol. The van der Waals surface area contributed by atoms with Gasteiger partial charge in [-0.05, 0) is 18.6 Å². The van der Waals surface area contributed by atoms with Crippen LogP contribution in [-0.4, -0.2) is 10.6 Å². The van der Waals surface area contributed by atoms with Crippen molar-refractivity contribution in [3.8, 4) is 0 Å². The zero-order valence-electron chi connectivity index (χ0n) is 9.72. The van der Waals surface area contributed by atoms with E-state index < -0.39 is 0 Å². The van der Waals surface area contributed by atoms with E-state index in [1.807, 2.05) is 49.0 Å². The van der Waals surface area contributed by atoms with Gasteiger partial charge >= 0.3 is 6.03 Å². The molecule has 0 aliphatic heterocycles. The second-order valence-electron chi connectivity index (χ2n) is 3.73. The van der Waals surface area contributed by atoms with Crippen molar-refractivity contribution in [2.45, 2.75) is 6.92 Å². The minimum Gasteiger partial charge on any atom is -1.00 e. The molecule has 0 saturated heterocycles. The second kappa shape index (κ2) is 5.81. The molecule has 0 fully saturated rings. The molecule has 2 rings (SSSR count). The Bertz CT molecular complexity index is 522. The zero-order chi connectivity index (χ0) is 11.5. The number of carbonyl (C=O) groups excluding carboxylic acids is 1. The number of carbonyl (C=O) groups is 1. The molecule has 1 amide bonds. The molecule has 0 saturated carbocycles. The first-order chi connectivity index (χ1) is 7.66. The lowest BCUT2D eigenvalue weighted by molar-refractivity contribution is -0.670. The first kappa shape index (κ1) is 13.7. The van der Waals surface area contributed by atoms with E-state index in [1.54, 1.807) is 12.5 Å². The quantitative estimate of drug-likeness (QED) is 0.508. The Morgan fingerprint density at radius 1 is 1.35 bits per heavy atom. The van der Waals surface area contributed by atoms with E-state index in [4.69, 9.17) is 0 Å². The molecule has 0 atom stereocenters. The van der Waals surface area contributed by atoms with Gasteiger partial charge in [-0.1, -0.05) is 18.2 Å². The first-order valence-corrected chi connectivity index (χ1v) is 5.07. The number of imidazole rings is 1. The molecule has 2 aromatic rings. The largest absolute Gasteiger partial charge is 1.00 e. The minimum atomic E-state index is -0.157. The van der Waals surface area contributed by atoms with Gasteiger partial charge in [0.2, 0.25) is 0 Å². The van der Waals surface area contributed by atoms with Crippen LogP contribution in [-0.2, 0) is 7.05 Å². The third kappa shape index (κ3) is 3.29. The van der Waals surface area contributed by atoms with Crippen LogP contribution in [0.15, 0.2) is 43.0 Å². The summed E-state index contributed by atoms with van der Waals surface area (Å²) in [6.07, 6.45) is 5.25. The molecule has 5 heteroatoms. The Balaban J connectivity index is 0.00000144. The van der Waals surface area contributed by atoms with Crippen molar-refractivity contribution in [1.29, 1.82) is 0 Å². The van der Waals surface area contributed by atoms with Gasteiger partial charge in [0.25, 0.3) is 6.33 Å². The molecule has 0 aliphatic rings. The molecule has 0 bridgehead atoms. The number of nitrogens with one attached hydrogen (secondary N) is 1. The molecule has 90 valence electrons. The summed E-state index contributed by atoms with van der Waals surface area (Å²) in [7, 11) is 1.87. The molecule has 1 aromatic carbocycles.